The monoisotopic (exact) mass is 216 g/mol. The molecule has 1 heterocycles. The number of nitrogens with two attached hydrogens (primary N) is 1. The number of dihydropyridines is 1. The molecule has 1 rings (SSSR count). The molecule has 0 saturated heterocycles. The van der Waals surface area contributed by atoms with Crippen LogP contribution in [0.3, 0.4) is 0 Å². The van der Waals surface area contributed by atoms with Crippen molar-refractivity contribution >= 4 is 5.90 Å². The molecule has 6 heteroatoms. The van der Waals surface area contributed by atoms with Gasteiger partial charge in [-0.25, -0.2) is 0 Å². The molecule has 1 aliphatic heterocycles. The van der Waals surface area contributed by atoms with Crippen LogP contribution in [0.4, 0.5) is 0 Å². The molecule has 0 aromatic rings. The Labute approximate surface area is 87.7 Å². The van der Waals surface area contributed by atoms with Crippen LogP contribution < -0.4 is 5.73 Å². The van der Waals surface area contributed by atoms with Crippen molar-refractivity contribution in [3.05, 3.63) is 12.2 Å². The molecule has 0 bridgehead atoms. The lowest BCUT2D eigenvalue weighted by atomic mass is 9.99. The molecule has 0 aliphatic carbocycles. The van der Waals surface area contributed by atoms with Crippen LogP contribution in [0.2, 0.25) is 0 Å². The molecule has 5 N–H and O–H groups in total. The van der Waals surface area contributed by atoms with Gasteiger partial charge in [0.05, 0.1) is 13.2 Å². The minimum Gasteiger partial charge on any atom is -0.422 e. The molecule has 0 aromatic carbocycles. The Morgan fingerprint density at radius 1 is 1.73 bits per heavy atom. The topological polar surface area (TPSA) is 108 Å². The highest BCUT2D eigenvalue weighted by molar-refractivity contribution is 5.88. The van der Waals surface area contributed by atoms with E-state index in [0.29, 0.717) is 6.54 Å². The summed E-state index contributed by atoms with van der Waals surface area (Å²) in [6.45, 7) is 1.34. The maximum absolute atomic E-state index is 8.95. The van der Waals surface area contributed by atoms with Gasteiger partial charge in [0.2, 0.25) is 5.90 Å². The number of ether oxygens (including phenoxy) is 1. The molecule has 1 aliphatic rings. The van der Waals surface area contributed by atoms with Crippen LogP contribution in [0.15, 0.2) is 17.1 Å². The standard InChI is InChI=1S/C9H16N2O4/c1-9(13,14)15-8-3-2-6(4-11-8)7(10)5-12/h2-3,6-7,12-14H,4-5,10H2,1H3. The highest BCUT2D eigenvalue weighted by atomic mass is 16.8. The third-order valence-corrected chi connectivity index (χ3v) is 2.00. The van der Waals surface area contributed by atoms with Crippen LogP contribution in [-0.2, 0) is 4.74 Å². The maximum atomic E-state index is 8.95. The molecule has 2 unspecified atom stereocenters. The number of hydrogen-bond acceptors (Lipinski definition) is 6. The predicted molar refractivity (Wildman–Crippen MR) is 53.9 cm³/mol. The summed E-state index contributed by atoms with van der Waals surface area (Å²) in [6.07, 6.45) is 3.24. The molecule has 0 saturated carbocycles. The van der Waals surface area contributed by atoms with Crippen molar-refractivity contribution in [1.29, 1.82) is 0 Å². The molecule has 0 amide bonds. The zero-order valence-corrected chi connectivity index (χ0v) is 8.50. The fourth-order valence-corrected chi connectivity index (χ4v) is 1.19. The summed E-state index contributed by atoms with van der Waals surface area (Å²) >= 11 is 0. The number of nitrogens with zero attached hydrogens (tertiary/aromatic N) is 1. The van der Waals surface area contributed by atoms with Crippen molar-refractivity contribution in [3.8, 4) is 0 Å². The first kappa shape index (κ1) is 12.1. The first-order valence-electron chi connectivity index (χ1n) is 4.65. The van der Waals surface area contributed by atoms with E-state index >= 15 is 0 Å². The van der Waals surface area contributed by atoms with Crippen molar-refractivity contribution in [2.45, 2.75) is 18.9 Å². The Kier molecular flexibility index (Phi) is 3.81. The number of rotatable bonds is 3. The van der Waals surface area contributed by atoms with Crippen molar-refractivity contribution in [2.24, 2.45) is 16.6 Å². The minimum absolute atomic E-state index is 0.0500. The first-order chi connectivity index (χ1) is 6.92. The van der Waals surface area contributed by atoms with Crippen LogP contribution in [0.5, 0.6) is 0 Å². The number of aliphatic imine (C=N–C) groups is 1. The molecular weight excluding hydrogens is 200 g/mol. The van der Waals surface area contributed by atoms with Gasteiger partial charge in [0.1, 0.15) is 0 Å². The summed E-state index contributed by atoms with van der Waals surface area (Å²) in [4.78, 5) is 3.96. The summed E-state index contributed by atoms with van der Waals surface area (Å²) in [5.41, 5.74) is 5.61. The summed E-state index contributed by atoms with van der Waals surface area (Å²) in [6, 6.07) is -0.360. The quantitative estimate of drug-likeness (QED) is 0.432. The zero-order chi connectivity index (χ0) is 11.5. The van der Waals surface area contributed by atoms with Crippen molar-refractivity contribution in [2.75, 3.05) is 13.2 Å². The Balaban J connectivity index is 2.50. The third kappa shape index (κ3) is 3.96. The number of hydrogen-bond donors (Lipinski definition) is 4. The van der Waals surface area contributed by atoms with Crippen LogP contribution in [0.25, 0.3) is 0 Å². The fourth-order valence-electron chi connectivity index (χ4n) is 1.19. The van der Waals surface area contributed by atoms with Crippen molar-refractivity contribution < 1.29 is 20.1 Å². The van der Waals surface area contributed by atoms with Gasteiger partial charge in [-0.05, 0) is 6.08 Å². The Morgan fingerprint density at radius 2 is 2.40 bits per heavy atom. The van der Waals surface area contributed by atoms with E-state index < -0.39 is 5.97 Å². The predicted octanol–water partition coefficient (Wildman–Crippen LogP) is -1.43. The summed E-state index contributed by atoms with van der Waals surface area (Å²) < 4.78 is 4.71. The highest BCUT2D eigenvalue weighted by Gasteiger charge is 2.22. The van der Waals surface area contributed by atoms with Crippen molar-refractivity contribution in [1.82, 2.24) is 0 Å². The van der Waals surface area contributed by atoms with Gasteiger partial charge < -0.3 is 25.8 Å². The average Bonchev–Trinajstić information content (AvgIpc) is 2.15. The van der Waals surface area contributed by atoms with E-state index in [2.05, 4.69) is 4.99 Å². The molecule has 0 fully saturated rings. The fraction of sp³-hybridized carbons (Fsp3) is 0.667. The van der Waals surface area contributed by atoms with Gasteiger partial charge in [-0.1, -0.05) is 6.08 Å². The lowest BCUT2D eigenvalue weighted by molar-refractivity contribution is -0.285. The lowest BCUT2D eigenvalue weighted by Gasteiger charge is -2.23. The Hall–Kier alpha value is -0.950. The summed E-state index contributed by atoms with van der Waals surface area (Å²) in [7, 11) is 0. The normalized spacial score (nSPS) is 23.5. The van der Waals surface area contributed by atoms with E-state index in [1.807, 2.05) is 0 Å². The van der Waals surface area contributed by atoms with Crippen LogP contribution in [-0.4, -0.2) is 46.4 Å². The molecule has 15 heavy (non-hydrogen) atoms. The SMILES string of the molecule is CC(O)(O)OC1=NCC(C(N)CO)C=C1. The number of aliphatic hydroxyl groups excluding tert-OH is 1. The van der Waals surface area contributed by atoms with Crippen LogP contribution in [0, 0.1) is 5.92 Å². The Bertz CT molecular complexity index is 270. The lowest BCUT2D eigenvalue weighted by Crippen LogP contribution is -2.37. The molecule has 6 nitrogen and oxygen atoms in total. The van der Waals surface area contributed by atoms with E-state index in [0.717, 1.165) is 6.92 Å². The van der Waals surface area contributed by atoms with E-state index in [4.69, 9.17) is 25.8 Å². The van der Waals surface area contributed by atoms with E-state index in [9.17, 15) is 0 Å². The van der Waals surface area contributed by atoms with Gasteiger partial charge in [-0.3, -0.25) is 4.99 Å². The molecular formula is C9H16N2O4. The maximum Gasteiger partial charge on any atom is 0.320 e. The van der Waals surface area contributed by atoms with Crippen LogP contribution >= 0.6 is 0 Å². The average molecular weight is 216 g/mol. The van der Waals surface area contributed by atoms with Gasteiger partial charge in [0, 0.05) is 18.9 Å². The third-order valence-electron chi connectivity index (χ3n) is 2.00. The molecule has 0 aromatic heterocycles. The number of aliphatic hydroxyl groups is 3. The van der Waals surface area contributed by atoms with Gasteiger partial charge in [-0.15, -0.1) is 0 Å². The second kappa shape index (κ2) is 4.71. The van der Waals surface area contributed by atoms with Gasteiger partial charge in [0.15, 0.2) is 0 Å². The molecule has 0 radical (unpaired) electrons. The molecule has 86 valence electrons. The van der Waals surface area contributed by atoms with Gasteiger partial charge >= 0.3 is 5.97 Å². The first-order valence-corrected chi connectivity index (χ1v) is 4.65. The van der Waals surface area contributed by atoms with Gasteiger partial charge in [0.25, 0.3) is 0 Å². The van der Waals surface area contributed by atoms with Crippen molar-refractivity contribution in [3.63, 3.8) is 0 Å². The second-order valence-corrected chi connectivity index (χ2v) is 3.58. The zero-order valence-electron chi connectivity index (χ0n) is 8.50. The Morgan fingerprint density at radius 3 is 2.80 bits per heavy atom. The molecule has 2 atom stereocenters. The summed E-state index contributed by atoms with van der Waals surface area (Å²) in [5, 5.41) is 26.7. The van der Waals surface area contributed by atoms with E-state index in [-0.39, 0.29) is 24.5 Å². The minimum atomic E-state index is -2.23. The second-order valence-electron chi connectivity index (χ2n) is 3.58. The smallest absolute Gasteiger partial charge is 0.320 e. The van der Waals surface area contributed by atoms with E-state index in [1.54, 1.807) is 6.08 Å². The van der Waals surface area contributed by atoms with Gasteiger partial charge in [-0.2, -0.15) is 0 Å². The van der Waals surface area contributed by atoms with Crippen LogP contribution in [0.1, 0.15) is 6.92 Å². The van der Waals surface area contributed by atoms with E-state index in [1.165, 1.54) is 6.08 Å². The largest absolute Gasteiger partial charge is 0.422 e. The summed E-state index contributed by atoms with van der Waals surface area (Å²) in [5.74, 6) is -2.13. The molecule has 0 spiro atoms. The highest BCUT2D eigenvalue weighted by Crippen LogP contribution is 2.12.